The van der Waals surface area contributed by atoms with E-state index in [9.17, 15) is 9.59 Å². The normalized spacial score (nSPS) is 11.0. The molecule has 0 bridgehead atoms. The van der Waals surface area contributed by atoms with Crippen LogP contribution in [0.1, 0.15) is 22.6 Å². The van der Waals surface area contributed by atoms with E-state index in [0.717, 1.165) is 39.2 Å². The fourth-order valence-corrected chi connectivity index (χ4v) is 4.06. The van der Waals surface area contributed by atoms with E-state index in [1.54, 1.807) is 11.7 Å². The summed E-state index contributed by atoms with van der Waals surface area (Å²) >= 11 is 0. The minimum Gasteiger partial charge on any atom is -0.455 e. The number of aromatic amines is 1. The van der Waals surface area contributed by atoms with Gasteiger partial charge < -0.3 is 14.6 Å². The summed E-state index contributed by atoms with van der Waals surface area (Å²) in [4.78, 5) is 30.0. The fourth-order valence-electron chi connectivity index (χ4n) is 4.06. The van der Waals surface area contributed by atoms with Crippen LogP contribution < -0.4 is 4.90 Å². The molecule has 0 saturated carbocycles. The highest BCUT2D eigenvalue weighted by atomic mass is 16.5. The number of benzene rings is 2. The van der Waals surface area contributed by atoms with Crippen LogP contribution in [-0.2, 0) is 20.7 Å². The molecule has 0 saturated heterocycles. The van der Waals surface area contributed by atoms with E-state index < -0.39 is 5.97 Å². The van der Waals surface area contributed by atoms with Gasteiger partial charge in [0.2, 0.25) is 0 Å². The summed E-state index contributed by atoms with van der Waals surface area (Å²) in [5.74, 6) is -0.749. The smallest absolute Gasteiger partial charge is 0.310 e. The zero-order valence-corrected chi connectivity index (χ0v) is 18.7. The van der Waals surface area contributed by atoms with Gasteiger partial charge in [0.05, 0.1) is 29.2 Å². The first-order chi connectivity index (χ1) is 15.4. The van der Waals surface area contributed by atoms with Gasteiger partial charge in [0.15, 0.2) is 6.61 Å². The Labute approximate surface area is 186 Å². The molecule has 164 valence electrons. The van der Waals surface area contributed by atoms with E-state index in [4.69, 9.17) is 4.74 Å². The van der Waals surface area contributed by atoms with Gasteiger partial charge in [-0.2, -0.15) is 5.10 Å². The number of para-hydroxylation sites is 2. The number of carbonyl (C=O) groups is 2. The number of hydrogen-bond donors (Lipinski definition) is 1. The third-order valence-corrected chi connectivity index (χ3v) is 5.67. The second-order valence-corrected chi connectivity index (χ2v) is 7.83. The molecule has 2 heterocycles. The van der Waals surface area contributed by atoms with Crippen LogP contribution in [0.2, 0.25) is 0 Å². The topological polar surface area (TPSA) is 80.2 Å². The van der Waals surface area contributed by atoms with Gasteiger partial charge in [-0.25, -0.2) is 4.68 Å². The van der Waals surface area contributed by atoms with Crippen molar-refractivity contribution in [3.63, 3.8) is 0 Å². The Morgan fingerprint density at radius 3 is 2.47 bits per heavy atom. The van der Waals surface area contributed by atoms with E-state index >= 15 is 0 Å². The van der Waals surface area contributed by atoms with E-state index in [2.05, 4.69) is 10.1 Å². The number of likely N-dealkylation sites (N-methyl/N-ethyl adjacent to an activating group) is 1. The first-order valence-corrected chi connectivity index (χ1v) is 10.5. The van der Waals surface area contributed by atoms with Crippen molar-refractivity contribution in [3.05, 3.63) is 77.2 Å². The van der Waals surface area contributed by atoms with E-state index in [1.807, 2.05) is 75.4 Å². The molecule has 4 rings (SSSR count). The number of fused-ring (bicyclic) bond motifs is 1. The molecule has 4 aromatic rings. The van der Waals surface area contributed by atoms with Crippen molar-refractivity contribution >= 4 is 28.5 Å². The van der Waals surface area contributed by atoms with Crippen molar-refractivity contribution in [3.8, 4) is 5.69 Å². The van der Waals surface area contributed by atoms with Gasteiger partial charge >= 0.3 is 5.97 Å². The minimum absolute atomic E-state index is 0.108. The van der Waals surface area contributed by atoms with Gasteiger partial charge in [-0.1, -0.05) is 36.4 Å². The summed E-state index contributed by atoms with van der Waals surface area (Å²) in [7, 11) is 1.67. The standard InChI is InChI=1S/C25H26N4O3/c1-16-21(20-12-8-9-13-22(20)26-16)14-24(31)32-15-23(30)28(4)25-17(2)27-29(18(25)3)19-10-6-5-7-11-19/h5-13,26H,14-15H2,1-4H3. The lowest BCUT2D eigenvalue weighted by Gasteiger charge is -2.18. The second-order valence-electron chi connectivity index (χ2n) is 7.83. The Morgan fingerprint density at radius 1 is 1.03 bits per heavy atom. The molecule has 2 aromatic heterocycles. The highest BCUT2D eigenvalue weighted by Gasteiger charge is 2.22. The number of esters is 1. The molecule has 0 aliphatic carbocycles. The highest BCUT2D eigenvalue weighted by molar-refractivity contribution is 5.96. The number of H-pyrrole nitrogens is 1. The number of aryl methyl sites for hydroxylation is 2. The highest BCUT2D eigenvalue weighted by Crippen LogP contribution is 2.26. The SMILES string of the molecule is Cc1nn(-c2ccccc2)c(C)c1N(C)C(=O)COC(=O)Cc1c(C)[nH]c2ccccc12. The third kappa shape index (κ3) is 4.01. The zero-order chi connectivity index (χ0) is 22.8. The lowest BCUT2D eigenvalue weighted by Crippen LogP contribution is -2.32. The van der Waals surface area contributed by atoms with Crippen LogP contribution in [0.4, 0.5) is 5.69 Å². The molecule has 0 unspecified atom stereocenters. The van der Waals surface area contributed by atoms with Gasteiger partial charge in [0.1, 0.15) is 0 Å². The van der Waals surface area contributed by atoms with Crippen molar-refractivity contribution in [1.82, 2.24) is 14.8 Å². The third-order valence-electron chi connectivity index (χ3n) is 5.67. The van der Waals surface area contributed by atoms with E-state index in [0.29, 0.717) is 5.69 Å². The predicted octanol–water partition coefficient (Wildman–Crippen LogP) is 4.03. The summed E-state index contributed by atoms with van der Waals surface area (Å²) in [6.07, 6.45) is 0.108. The number of carbonyl (C=O) groups excluding carboxylic acids is 2. The van der Waals surface area contributed by atoms with Gasteiger partial charge in [-0.05, 0) is 44.5 Å². The fraction of sp³-hybridized carbons (Fsp3) is 0.240. The Kier molecular flexibility index (Phi) is 5.81. The van der Waals surface area contributed by atoms with E-state index in [-0.39, 0.29) is 18.9 Å². The molecule has 7 nitrogen and oxygen atoms in total. The molecule has 2 aromatic carbocycles. The van der Waals surface area contributed by atoms with Crippen molar-refractivity contribution in [1.29, 1.82) is 0 Å². The summed E-state index contributed by atoms with van der Waals surface area (Å²) in [6, 6.07) is 17.6. The molecule has 1 N–H and O–H groups in total. The Bertz CT molecular complexity index is 1290. The Morgan fingerprint density at radius 2 is 1.72 bits per heavy atom. The van der Waals surface area contributed by atoms with Gasteiger partial charge in [0, 0.05) is 23.6 Å². The number of ether oxygens (including phenoxy) is 1. The first kappa shape index (κ1) is 21.4. The number of nitrogens with zero attached hydrogens (tertiary/aromatic N) is 3. The molecule has 7 heteroatoms. The molecule has 0 fully saturated rings. The minimum atomic E-state index is -0.437. The maximum Gasteiger partial charge on any atom is 0.310 e. The molecule has 0 aliphatic heterocycles. The second kappa shape index (κ2) is 8.70. The average molecular weight is 431 g/mol. The summed E-state index contributed by atoms with van der Waals surface area (Å²) < 4.78 is 7.13. The van der Waals surface area contributed by atoms with Gasteiger partial charge in [-0.15, -0.1) is 0 Å². The van der Waals surface area contributed by atoms with E-state index in [1.165, 1.54) is 4.90 Å². The van der Waals surface area contributed by atoms with Crippen LogP contribution in [0, 0.1) is 20.8 Å². The van der Waals surface area contributed by atoms with Crippen LogP contribution in [0.3, 0.4) is 0 Å². The predicted molar refractivity (Wildman–Crippen MR) is 124 cm³/mol. The largest absolute Gasteiger partial charge is 0.455 e. The number of nitrogens with one attached hydrogen (secondary N) is 1. The molecule has 0 spiro atoms. The molecule has 32 heavy (non-hydrogen) atoms. The lowest BCUT2D eigenvalue weighted by molar-refractivity contribution is -0.147. The van der Waals surface area contributed by atoms with Crippen molar-refractivity contribution in [2.45, 2.75) is 27.2 Å². The Balaban J connectivity index is 1.44. The summed E-state index contributed by atoms with van der Waals surface area (Å²) in [5.41, 5.74) is 5.98. The molecular weight excluding hydrogens is 404 g/mol. The lowest BCUT2D eigenvalue weighted by atomic mass is 10.1. The first-order valence-electron chi connectivity index (χ1n) is 10.5. The van der Waals surface area contributed by atoms with Crippen LogP contribution in [0.25, 0.3) is 16.6 Å². The monoisotopic (exact) mass is 430 g/mol. The molecule has 0 atom stereocenters. The number of hydrogen-bond acceptors (Lipinski definition) is 4. The molecule has 1 amide bonds. The molecular formula is C25H26N4O3. The maximum atomic E-state index is 12.8. The van der Waals surface area contributed by atoms with Crippen molar-refractivity contribution in [2.75, 3.05) is 18.6 Å². The van der Waals surface area contributed by atoms with Crippen LogP contribution in [0.5, 0.6) is 0 Å². The zero-order valence-electron chi connectivity index (χ0n) is 18.7. The van der Waals surface area contributed by atoms with Crippen LogP contribution in [-0.4, -0.2) is 40.3 Å². The Hall–Kier alpha value is -3.87. The number of anilines is 1. The number of aromatic nitrogens is 3. The van der Waals surface area contributed by atoms with Crippen molar-refractivity contribution in [2.24, 2.45) is 0 Å². The molecule has 0 aliphatic rings. The summed E-state index contributed by atoms with van der Waals surface area (Å²) in [5, 5.41) is 5.57. The number of rotatable bonds is 6. The van der Waals surface area contributed by atoms with Crippen LogP contribution in [0.15, 0.2) is 54.6 Å². The number of amides is 1. The maximum absolute atomic E-state index is 12.8. The average Bonchev–Trinajstić information content (AvgIpc) is 3.27. The van der Waals surface area contributed by atoms with Gasteiger partial charge in [0.25, 0.3) is 5.91 Å². The van der Waals surface area contributed by atoms with Crippen LogP contribution >= 0.6 is 0 Å². The summed E-state index contributed by atoms with van der Waals surface area (Å²) in [6.45, 7) is 5.37. The molecule has 0 radical (unpaired) electrons. The van der Waals surface area contributed by atoms with Crippen molar-refractivity contribution < 1.29 is 14.3 Å². The quantitative estimate of drug-likeness (QED) is 0.469. The van der Waals surface area contributed by atoms with Gasteiger partial charge in [-0.3, -0.25) is 9.59 Å².